The quantitative estimate of drug-likeness (QED) is 0.364. The number of benzene rings is 1. The molecule has 0 bridgehead atoms. The molecule has 3 aromatic rings. The van der Waals surface area contributed by atoms with Crippen molar-refractivity contribution in [2.45, 2.75) is 35.1 Å². The van der Waals surface area contributed by atoms with E-state index in [-0.39, 0.29) is 34.2 Å². The van der Waals surface area contributed by atoms with Crippen LogP contribution in [-0.2, 0) is 25.3 Å². The monoisotopic (exact) mass is 574 g/mol. The molecular weight excluding hydrogens is 555 g/mol. The second kappa shape index (κ2) is 11.0. The molecule has 14 heteroatoms. The summed E-state index contributed by atoms with van der Waals surface area (Å²) in [5, 5.41) is 8.60. The van der Waals surface area contributed by atoms with Gasteiger partial charge in [-0.2, -0.15) is 8.42 Å². The van der Waals surface area contributed by atoms with E-state index in [2.05, 4.69) is 15.3 Å². The van der Waals surface area contributed by atoms with Crippen molar-refractivity contribution in [1.82, 2.24) is 9.97 Å². The standard InChI is InChI=1S/C21H20Cl2N4O5S3/c22-13-2-1-3-15(7-13)34(29)18-8-17(33-20(18)23)19(28)16-9-25-11-26-21(16)27-14-5-4-12(6-14)10-32-35(24,30)31/h1-3,7-9,11-12,14H,4-6,10H2,(H2,24,30,31)(H,25,26,27)/t12-,14+,34?/m1/s1. The van der Waals surface area contributed by atoms with Crippen LogP contribution in [0.15, 0.2) is 52.6 Å². The summed E-state index contributed by atoms with van der Waals surface area (Å²) in [5.74, 6) is -0.00144. The van der Waals surface area contributed by atoms with E-state index in [0.717, 1.165) is 24.2 Å². The van der Waals surface area contributed by atoms with E-state index in [4.69, 9.17) is 32.5 Å². The fourth-order valence-electron chi connectivity index (χ4n) is 3.79. The van der Waals surface area contributed by atoms with Crippen molar-refractivity contribution < 1.29 is 21.6 Å². The molecule has 0 spiro atoms. The Kier molecular flexibility index (Phi) is 8.21. The summed E-state index contributed by atoms with van der Waals surface area (Å²) in [6.07, 6.45) is 4.84. The summed E-state index contributed by atoms with van der Waals surface area (Å²) in [6.45, 7) is 0.00676. The van der Waals surface area contributed by atoms with Crippen molar-refractivity contribution >= 4 is 67.2 Å². The highest BCUT2D eigenvalue weighted by atomic mass is 35.5. The van der Waals surface area contributed by atoms with Gasteiger partial charge in [-0.05, 0) is 49.4 Å². The topological polar surface area (TPSA) is 141 Å². The Morgan fingerprint density at radius 1 is 1.29 bits per heavy atom. The van der Waals surface area contributed by atoms with Crippen molar-refractivity contribution in [2.75, 3.05) is 11.9 Å². The predicted molar refractivity (Wildman–Crippen MR) is 135 cm³/mol. The first kappa shape index (κ1) is 26.1. The van der Waals surface area contributed by atoms with Gasteiger partial charge in [-0.1, -0.05) is 29.3 Å². The van der Waals surface area contributed by atoms with Crippen molar-refractivity contribution in [1.29, 1.82) is 0 Å². The molecule has 1 aromatic carbocycles. The first-order chi connectivity index (χ1) is 16.6. The van der Waals surface area contributed by atoms with Crippen LogP contribution in [-0.4, -0.2) is 41.0 Å². The number of carbonyl (C=O) groups excluding carboxylic acids is 1. The van der Waals surface area contributed by atoms with Gasteiger partial charge in [-0.15, -0.1) is 11.3 Å². The van der Waals surface area contributed by atoms with Gasteiger partial charge in [-0.3, -0.25) is 8.98 Å². The third-order valence-corrected chi connectivity index (χ3v) is 9.10. The Labute approximate surface area is 218 Å². The number of nitrogens with one attached hydrogen (secondary N) is 1. The molecule has 3 atom stereocenters. The van der Waals surface area contributed by atoms with E-state index in [1.807, 2.05) is 0 Å². The average Bonchev–Trinajstić information content (AvgIpc) is 3.43. The number of halogens is 2. The first-order valence-corrected chi connectivity index (χ1v) is 14.5. The van der Waals surface area contributed by atoms with Gasteiger partial charge in [0.2, 0.25) is 5.78 Å². The molecule has 2 aromatic heterocycles. The molecule has 9 nitrogen and oxygen atoms in total. The molecule has 0 radical (unpaired) electrons. The summed E-state index contributed by atoms with van der Waals surface area (Å²) in [7, 11) is -5.60. The molecular formula is C21H20Cl2N4O5S3. The van der Waals surface area contributed by atoms with E-state index in [1.54, 1.807) is 24.3 Å². The highest BCUT2D eigenvalue weighted by Crippen LogP contribution is 2.35. The molecule has 2 heterocycles. The van der Waals surface area contributed by atoms with Crippen molar-refractivity contribution in [2.24, 2.45) is 11.1 Å². The maximum atomic E-state index is 13.3. The van der Waals surface area contributed by atoms with E-state index in [9.17, 15) is 17.4 Å². The van der Waals surface area contributed by atoms with Crippen LogP contribution in [0, 0.1) is 5.92 Å². The summed E-state index contributed by atoms with van der Waals surface area (Å²) in [6, 6.07) is 8.10. The lowest BCUT2D eigenvalue weighted by atomic mass is 10.1. The number of nitrogens with two attached hydrogens (primary N) is 1. The molecule has 0 aliphatic heterocycles. The Balaban J connectivity index is 1.50. The van der Waals surface area contributed by atoms with Crippen LogP contribution in [0.5, 0.6) is 0 Å². The zero-order valence-electron chi connectivity index (χ0n) is 18.0. The molecule has 35 heavy (non-hydrogen) atoms. The maximum Gasteiger partial charge on any atom is 0.333 e. The SMILES string of the molecule is NS(=O)(=O)OC[C@@H]1CC[C@H](Nc2ncncc2C(=O)c2cc(S(=O)c3cccc(Cl)c3)c(Cl)s2)C1. The lowest BCUT2D eigenvalue weighted by Crippen LogP contribution is -2.22. The second-order valence-corrected chi connectivity index (χ2v) is 12.6. The fraction of sp³-hybridized carbons (Fsp3) is 0.286. The summed E-state index contributed by atoms with van der Waals surface area (Å²) in [5.41, 5.74) is 0.245. The maximum absolute atomic E-state index is 13.3. The van der Waals surface area contributed by atoms with Gasteiger partial charge >= 0.3 is 10.3 Å². The minimum Gasteiger partial charge on any atom is -0.367 e. The van der Waals surface area contributed by atoms with Crippen LogP contribution in [0.4, 0.5) is 5.82 Å². The second-order valence-electron chi connectivity index (χ2n) is 7.89. The zero-order valence-corrected chi connectivity index (χ0v) is 22.0. The number of nitrogens with zero attached hydrogens (tertiary/aromatic N) is 2. The van der Waals surface area contributed by atoms with Crippen molar-refractivity contribution in [3.05, 3.63) is 62.7 Å². The number of rotatable bonds is 9. The third-order valence-electron chi connectivity index (χ3n) is 5.40. The minimum atomic E-state index is -3.99. The van der Waals surface area contributed by atoms with E-state index >= 15 is 0 Å². The highest BCUT2D eigenvalue weighted by Gasteiger charge is 2.28. The van der Waals surface area contributed by atoms with Crippen LogP contribution >= 0.6 is 34.5 Å². The molecule has 1 fully saturated rings. The predicted octanol–water partition coefficient (Wildman–Crippen LogP) is 4.04. The van der Waals surface area contributed by atoms with Gasteiger partial charge in [0, 0.05) is 22.2 Å². The summed E-state index contributed by atoms with van der Waals surface area (Å²) >= 11 is 13.4. The number of thiophene rings is 1. The Morgan fingerprint density at radius 2 is 2.09 bits per heavy atom. The van der Waals surface area contributed by atoms with Crippen LogP contribution in [0.1, 0.15) is 34.5 Å². The number of aromatic nitrogens is 2. The number of hydrogen-bond donors (Lipinski definition) is 2. The van der Waals surface area contributed by atoms with Crippen molar-refractivity contribution in [3.63, 3.8) is 0 Å². The molecule has 4 rings (SSSR count). The van der Waals surface area contributed by atoms with E-state index in [0.29, 0.717) is 31.9 Å². The molecule has 3 N–H and O–H groups in total. The van der Waals surface area contributed by atoms with Gasteiger partial charge in [0.05, 0.1) is 32.7 Å². The van der Waals surface area contributed by atoms with Gasteiger partial charge in [-0.25, -0.2) is 19.3 Å². The largest absolute Gasteiger partial charge is 0.367 e. The minimum absolute atomic E-state index is 0.00643. The molecule has 1 aliphatic rings. The number of carbonyl (C=O) groups is 1. The summed E-state index contributed by atoms with van der Waals surface area (Å²) in [4.78, 5) is 22.6. The Morgan fingerprint density at radius 3 is 2.83 bits per heavy atom. The van der Waals surface area contributed by atoms with Crippen LogP contribution in [0.3, 0.4) is 0 Å². The Bertz CT molecular complexity index is 1380. The summed E-state index contributed by atoms with van der Waals surface area (Å²) < 4.78 is 40.0. The first-order valence-electron chi connectivity index (χ1n) is 10.4. The zero-order chi connectivity index (χ0) is 25.2. The molecule has 186 valence electrons. The van der Waals surface area contributed by atoms with Gasteiger partial charge < -0.3 is 5.32 Å². The van der Waals surface area contributed by atoms with E-state index in [1.165, 1.54) is 18.6 Å². The van der Waals surface area contributed by atoms with E-state index < -0.39 is 21.1 Å². The third kappa shape index (κ3) is 6.64. The number of anilines is 1. The van der Waals surface area contributed by atoms with Crippen LogP contribution in [0.25, 0.3) is 0 Å². The average molecular weight is 576 g/mol. The molecule has 1 unspecified atom stereocenters. The highest BCUT2D eigenvalue weighted by molar-refractivity contribution is 7.85. The van der Waals surface area contributed by atoms with Gasteiger partial charge in [0.15, 0.2) is 0 Å². The molecule has 0 saturated heterocycles. The smallest absolute Gasteiger partial charge is 0.333 e. The van der Waals surface area contributed by atoms with Gasteiger partial charge in [0.1, 0.15) is 16.5 Å². The molecule has 1 saturated carbocycles. The Hall–Kier alpha value is -1.93. The number of ketones is 1. The molecule has 0 amide bonds. The van der Waals surface area contributed by atoms with Crippen LogP contribution in [0.2, 0.25) is 9.36 Å². The van der Waals surface area contributed by atoms with Crippen molar-refractivity contribution in [3.8, 4) is 0 Å². The lowest BCUT2D eigenvalue weighted by molar-refractivity contribution is 0.104. The van der Waals surface area contributed by atoms with Gasteiger partial charge in [0.25, 0.3) is 0 Å². The molecule has 1 aliphatic carbocycles. The lowest BCUT2D eigenvalue weighted by Gasteiger charge is -2.15. The number of hydrogen-bond acceptors (Lipinski definition) is 9. The normalized spacial score (nSPS) is 18.9. The van der Waals surface area contributed by atoms with Crippen LogP contribution < -0.4 is 10.5 Å². The fourth-order valence-corrected chi connectivity index (χ4v) is 7.16.